The number of fused-ring (bicyclic) bond motifs is 2. The van der Waals surface area contributed by atoms with Crippen LogP contribution in [0, 0.1) is 0 Å². The van der Waals surface area contributed by atoms with E-state index in [-0.39, 0.29) is 19.1 Å². The van der Waals surface area contributed by atoms with Gasteiger partial charge in [-0.05, 0) is 24.3 Å². The van der Waals surface area contributed by atoms with Crippen molar-refractivity contribution in [2.45, 2.75) is 0 Å². The number of Topliss-reactive ketones (excluding diaryl/α,β-unsaturated/α-hetero) is 1. The number of ketones is 1. The number of nitrogens with one attached hydrogen (secondary N) is 2. The third-order valence-corrected chi connectivity index (χ3v) is 4.28. The lowest BCUT2D eigenvalue weighted by Crippen LogP contribution is -2.31. The molecular weight excluding hydrogens is 364 g/mol. The van der Waals surface area contributed by atoms with E-state index in [1.54, 1.807) is 18.3 Å². The number of esters is 1. The first-order chi connectivity index (χ1) is 13.6. The Morgan fingerprint density at radius 1 is 1.07 bits per heavy atom. The molecule has 0 fully saturated rings. The summed E-state index contributed by atoms with van der Waals surface area (Å²) in [7, 11) is 0. The summed E-state index contributed by atoms with van der Waals surface area (Å²) in [5.41, 5.74) is 1.60. The maximum atomic E-state index is 12.3. The number of benzene rings is 2. The lowest BCUT2D eigenvalue weighted by molar-refractivity contribution is -0.141. The normalized spacial score (nSPS) is 12.0. The molecule has 1 amide bonds. The van der Waals surface area contributed by atoms with Gasteiger partial charge in [-0.15, -0.1) is 0 Å². The van der Waals surface area contributed by atoms with E-state index in [4.69, 9.17) is 14.2 Å². The van der Waals surface area contributed by atoms with Gasteiger partial charge < -0.3 is 24.5 Å². The molecule has 0 bridgehead atoms. The van der Waals surface area contributed by atoms with Crippen molar-refractivity contribution in [2.75, 3.05) is 19.9 Å². The predicted molar refractivity (Wildman–Crippen MR) is 98.5 cm³/mol. The van der Waals surface area contributed by atoms with Gasteiger partial charge in [0.15, 0.2) is 18.1 Å². The first kappa shape index (κ1) is 17.6. The Balaban J connectivity index is 1.28. The zero-order valence-electron chi connectivity index (χ0n) is 14.7. The van der Waals surface area contributed by atoms with E-state index in [9.17, 15) is 14.4 Å². The number of aromatic nitrogens is 1. The number of carbonyl (C=O) groups excluding carboxylic acids is 3. The first-order valence-electron chi connectivity index (χ1n) is 8.54. The molecule has 28 heavy (non-hydrogen) atoms. The topological polar surface area (TPSA) is 107 Å². The summed E-state index contributed by atoms with van der Waals surface area (Å²) in [6, 6.07) is 12.1. The van der Waals surface area contributed by atoms with Gasteiger partial charge in [0.05, 0.1) is 0 Å². The van der Waals surface area contributed by atoms with E-state index in [1.807, 2.05) is 24.3 Å². The molecule has 2 N–H and O–H groups in total. The molecule has 0 atom stereocenters. The number of para-hydroxylation sites is 1. The first-order valence-corrected chi connectivity index (χ1v) is 8.54. The highest BCUT2D eigenvalue weighted by atomic mass is 16.7. The summed E-state index contributed by atoms with van der Waals surface area (Å²) in [5.74, 6) is -0.459. The van der Waals surface area contributed by atoms with Crippen molar-refractivity contribution in [3.63, 3.8) is 0 Å². The van der Waals surface area contributed by atoms with Gasteiger partial charge in [-0.1, -0.05) is 18.2 Å². The monoisotopic (exact) mass is 380 g/mol. The zero-order chi connectivity index (χ0) is 19.5. The van der Waals surface area contributed by atoms with E-state index in [0.29, 0.717) is 22.6 Å². The SMILES string of the molecule is O=C(CNC(=O)c1ccc2c(c1)OCO2)OCC(=O)c1c[nH]c2ccccc12. The summed E-state index contributed by atoms with van der Waals surface area (Å²) in [6.07, 6.45) is 1.59. The average Bonchev–Trinajstić information content (AvgIpc) is 3.36. The highest BCUT2D eigenvalue weighted by Gasteiger charge is 2.18. The second kappa shape index (κ2) is 7.43. The Morgan fingerprint density at radius 2 is 1.89 bits per heavy atom. The summed E-state index contributed by atoms with van der Waals surface area (Å²) >= 11 is 0. The van der Waals surface area contributed by atoms with E-state index in [1.165, 1.54) is 6.07 Å². The van der Waals surface area contributed by atoms with Gasteiger partial charge in [0.2, 0.25) is 12.6 Å². The largest absolute Gasteiger partial charge is 0.456 e. The fourth-order valence-electron chi connectivity index (χ4n) is 2.87. The van der Waals surface area contributed by atoms with Crippen molar-refractivity contribution in [3.05, 3.63) is 59.8 Å². The van der Waals surface area contributed by atoms with Crippen molar-refractivity contribution in [2.24, 2.45) is 0 Å². The fraction of sp³-hybridized carbons (Fsp3) is 0.150. The molecule has 1 aromatic heterocycles. The number of amides is 1. The van der Waals surface area contributed by atoms with Crippen LogP contribution in [0.3, 0.4) is 0 Å². The molecule has 1 aliphatic heterocycles. The molecule has 0 unspecified atom stereocenters. The summed E-state index contributed by atoms with van der Waals surface area (Å²) in [5, 5.41) is 3.21. The average molecular weight is 380 g/mol. The smallest absolute Gasteiger partial charge is 0.325 e. The molecule has 0 saturated heterocycles. The Labute approximate surface area is 159 Å². The van der Waals surface area contributed by atoms with Gasteiger partial charge in [-0.25, -0.2) is 0 Å². The molecule has 0 aliphatic carbocycles. The van der Waals surface area contributed by atoms with Crippen molar-refractivity contribution in [1.29, 1.82) is 0 Å². The third-order valence-electron chi connectivity index (χ3n) is 4.28. The number of hydrogen-bond donors (Lipinski definition) is 2. The molecule has 2 heterocycles. The lowest BCUT2D eigenvalue weighted by atomic mass is 10.1. The van der Waals surface area contributed by atoms with Crippen LogP contribution in [0.2, 0.25) is 0 Å². The van der Waals surface area contributed by atoms with E-state index >= 15 is 0 Å². The minimum absolute atomic E-state index is 0.108. The van der Waals surface area contributed by atoms with E-state index in [2.05, 4.69) is 10.3 Å². The van der Waals surface area contributed by atoms with Crippen molar-refractivity contribution in [3.8, 4) is 11.5 Å². The van der Waals surface area contributed by atoms with Gasteiger partial charge in [0.1, 0.15) is 6.54 Å². The maximum absolute atomic E-state index is 12.3. The van der Waals surface area contributed by atoms with Crippen LogP contribution in [0.15, 0.2) is 48.7 Å². The standard InChI is InChI=1S/C20H16N2O6/c23-16(14-8-21-15-4-2-1-3-13(14)15)10-26-19(24)9-22-20(25)12-5-6-17-18(7-12)28-11-27-17/h1-8,21H,9-11H2,(H,22,25). The van der Waals surface area contributed by atoms with Crippen LogP contribution in [0.4, 0.5) is 0 Å². The molecule has 0 saturated carbocycles. The minimum atomic E-state index is -0.706. The molecule has 8 heteroatoms. The third kappa shape index (κ3) is 3.52. The number of aromatic amines is 1. The fourth-order valence-corrected chi connectivity index (χ4v) is 2.87. The predicted octanol–water partition coefficient (Wildman–Crippen LogP) is 2.05. The van der Waals surface area contributed by atoms with Crippen LogP contribution < -0.4 is 14.8 Å². The van der Waals surface area contributed by atoms with Crippen molar-refractivity contribution >= 4 is 28.6 Å². The van der Waals surface area contributed by atoms with Crippen LogP contribution >= 0.6 is 0 Å². The molecule has 142 valence electrons. The van der Waals surface area contributed by atoms with Crippen LogP contribution in [0.25, 0.3) is 10.9 Å². The molecule has 0 radical (unpaired) electrons. The summed E-state index contributed by atoms with van der Waals surface area (Å²) < 4.78 is 15.4. The van der Waals surface area contributed by atoms with Gasteiger partial charge in [0, 0.05) is 28.2 Å². The Kier molecular flexibility index (Phi) is 4.67. The molecule has 4 rings (SSSR count). The van der Waals surface area contributed by atoms with Crippen LogP contribution in [0.1, 0.15) is 20.7 Å². The minimum Gasteiger partial charge on any atom is -0.456 e. The lowest BCUT2D eigenvalue weighted by Gasteiger charge is -2.07. The number of ether oxygens (including phenoxy) is 3. The molecule has 3 aromatic rings. The Morgan fingerprint density at radius 3 is 2.79 bits per heavy atom. The van der Waals surface area contributed by atoms with Gasteiger partial charge in [-0.3, -0.25) is 14.4 Å². The Bertz CT molecular complexity index is 1070. The number of rotatable bonds is 6. The summed E-state index contributed by atoms with van der Waals surface area (Å²) in [4.78, 5) is 39.3. The van der Waals surface area contributed by atoms with Gasteiger partial charge in [0.25, 0.3) is 5.91 Å². The highest BCUT2D eigenvalue weighted by molar-refractivity contribution is 6.08. The molecule has 0 spiro atoms. The number of H-pyrrole nitrogens is 1. The molecule has 8 nitrogen and oxygen atoms in total. The second-order valence-electron chi connectivity index (χ2n) is 6.08. The Hall–Kier alpha value is -3.81. The molecular formula is C20H16N2O6. The quantitative estimate of drug-likeness (QED) is 0.501. The maximum Gasteiger partial charge on any atom is 0.325 e. The van der Waals surface area contributed by atoms with Gasteiger partial charge in [-0.2, -0.15) is 0 Å². The van der Waals surface area contributed by atoms with Crippen LogP contribution in [0.5, 0.6) is 11.5 Å². The zero-order valence-corrected chi connectivity index (χ0v) is 14.7. The van der Waals surface area contributed by atoms with E-state index < -0.39 is 18.5 Å². The second-order valence-corrected chi connectivity index (χ2v) is 6.08. The van der Waals surface area contributed by atoms with Crippen LogP contribution in [-0.2, 0) is 9.53 Å². The highest BCUT2D eigenvalue weighted by Crippen LogP contribution is 2.32. The molecule has 1 aliphatic rings. The number of hydrogen-bond acceptors (Lipinski definition) is 6. The molecule has 2 aromatic carbocycles. The van der Waals surface area contributed by atoms with E-state index in [0.717, 1.165) is 10.9 Å². The number of carbonyl (C=O) groups is 3. The van der Waals surface area contributed by atoms with Crippen molar-refractivity contribution in [1.82, 2.24) is 10.3 Å². The van der Waals surface area contributed by atoms with Crippen molar-refractivity contribution < 1.29 is 28.6 Å². The summed E-state index contributed by atoms with van der Waals surface area (Å²) in [6.45, 7) is -0.647. The van der Waals surface area contributed by atoms with Crippen LogP contribution in [-0.4, -0.2) is 42.6 Å². The van der Waals surface area contributed by atoms with Gasteiger partial charge >= 0.3 is 5.97 Å².